The smallest absolute Gasteiger partial charge is 0.194 e. The lowest BCUT2D eigenvalue weighted by Gasteiger charge is -2.32. The molecule has 2 saturated heterocycles. The van der Waals surface area contributed by atoms with E-state index in [0.717, 1.165) is 44.6 Å². The molecule has 3 rings (SSSR count). The van der Waals surface area contributed by atoms with Crippen LogP contribution in [0.5, 0.6) is 0 Å². The Morgan fingerprint density at radius 2 is 1.28 bits per heavy atom. The van der Waals surface area contributed by atoms with Crippen molar-refractivity contribution in [2.24, 2.45) is 11.8 Å². The third kappa shape index (κ3) is 6.95. The first-order chi connectivity index (χ1) is 14.0. The Labute approximate surface area is 170 Å². The lowest BCUT2D eigenvalue weighted by atomic mass is 10.0. The van der Waals surface area contributed by atoms with Crippen molar-refractivity contribution in [3.05, 3.63) is 35.1 Å². The maximum absolute atomic E-state index is 13.3. The van der Waals surface area contributed by atoms with E-state index in [1.807, 2.05) is 0 Å². The lowest BCUT2D eigenvalue weighted by molar-refractivity contribution is -0.219. The van der Waals surface area contributed by atoms with Gasteiger partial charge in [-0.15, -0.1) is 0 Å². The summed E-state index contributed by atoms with van der Waals surface area (Å²) in [5, 5.41) is 0. The number of ether oxygens (including phenoxy) is 4. The first kappa shape index (κ1) is 22.5. The summed E-state index contributed by atoms with van der Waals surface area (Å²) in [5.74, 6) is -3.00. The SMILES string of the molecule is CCCC[C@H]1CO[C@H](CC[C@H]2CO[C@H](CCc3cc(F)c(F)c(F)c3)OC2)OC1. The summed E-state index contributed by atoms with van der Waals surface area (Å²) in [4.78, 5) is 0. The van der Waals surface area contributed by atoms with Crippen molar-refractivity contribution in [1.82, 2.24) is 0 Å². The molecule has 2 aliphatic heterocycles. The van der Waals surface area contributed by atoms with E-state index in [4.69, 9.17) is 18.9 Å². The molecular formula is C22H31F3O4. The Balaban J connectivity index is 1.30. The highest BCUT2D eigenvalue weighted by molar-refractivity contribution is 5.19. The molecule has 2 heterocycles. The summed E-state index contributed by atoms with van der Waals surface area (Å²) in [6.45, 7) is 4.88. The zero-order valence-electron chi connectivity index (χ0n) is 17.0. The van der Waals surface area contributed by atoms with Crippen LogP contribution in [0.4, 0.5) is 13.2 Å². The standard InChI is InChI=1S/C22H31F3O4/c1-2-3-4-16-11-26-21(27-12-16)8-6-17-13-28-20(29-14-17)7-5-15-9-18(23)22(25)19(24)10-15/h9-10,16-17,20-21H,2-8,11-14H2,1H3/t16-,17-,20-,21-. The summed E-state index contributed by atoms with van der Waals surface area (Å²) in [5.41, 5.74) is 0.388. The second kappa shape index (κ2) is 11.3. The summed E-state index contributed by atoms with van der Waals surface area (Å²) in [6.07, 6.45) is 5.54. The molecule has 0 saturated carbocycles. The number of hydrogen-bond donors (Lipinski definition) is 0. The molecule has 2 fully saturated rings. The Hall–Kier alpha value is -1.15. The molecule has 29 heavy (non-hydrogen) atoms. The minimum absolute atomic E-state index is 0.145. The molecule has 164 valence electrons. The zero-order valence-corrected chi connectivity index (χ0v) is 17.0. The van der Waals surface area contributed by atoms with Gasteiger partial charge < -0.3 is 18.9 Å². The molecule has 0 atom stereocenters. The minimum atomic E-state index is -1.44. The molecule has 7 heteroatoms. The van der Waals surface area contributed by atoms with Gasteiger partial charge in [-0.1, -0.05) is 19.8 Å². The van der Waals surface area contributed by atoms with E-state index in [1.165, 1.54) is 12.8 Å². The minimum Gasteiger partial charge on any atom is -0.352 e. The summed E-state index contributed by atoms with van der Waals surface area (Å²) < 4.78 is 62.7. The van der Waals surface area contributed by atoms with E-state index in [-0.39, 0.29) is 12.2 Å². The average Bonchev–Trinajstić information content (AvgIpc) is 2.74. The van der Waals surface area contributed by atoms with Crippen molar-refractivity contribution in [3.63, 3.8) is 0 Å². The van der Waals surface area contributed by atoms with E-state index in [1.54, 1.807) is 0 Å². The topological polar surface area (TPSA) is 36.9 Å². The van der Waals surface area contributed by atoms with Crippen molar-refractivity contribution < 1.29 is 32.1 Å². The third-order valence-corrected chi connectivity index (χ3v) is 5.56. The quantitative estimate of drug-likeness (QED) is 0.532. The van der Waals surface area contributed by atoms with Gasteiger partial charge in [-0.2, -0.15) is 0 Å². The Morgan fingerprint density at radius 1 is 0.759 bits per heavy atom. The molecular weight excluding hydrogens is 385 g/mol. The average molecular weight is 416 g/mol. The van der Waals surface area contributed by atoms with Gasteiger partial charge in [0.1, 0.15) is 0 Å². The first-order valence-electron chi connectivity index (χ1n) is 10.6. The van der Waals surface area contributed by atoms with Crippen molar-refractivity contribution in [2.45, 2.75) is 64.4 Å². The lowest BCUT2D eigenvalue weighted by Crippen LogP contribution is -2.35. The maximum Gasteiger partial charge on any atom is 0.194 e. The van der Waals surface area contributed by atoms with Crippen LogP contribution in [0, 0.1) is 29.3 Å². The van der Waals surface area contributed by atoms with Crippen molar-refractivity contribution in [2.75, 3.05) is 26.4 Å². The summed E-state index contributed by atoms with van der Waals surface area (Å²) >= 11 is 0. The summed E-state index contributed by atoms with van der Waals surface area (Å²) in [6, 6.07) is 2.03. The third-order valence-electron chi connectivity index (χ3n) is 5.56. The highest BCUT2D eigenvalue weighted by atomic mass is 19.2. The van der Waals surface area contributed by atoms with E-state index in [0.29, 0.717) is 37.5 Å². The zero-order chi connectivity index (χ0) is 20.6. The number of halogens is 3. The Bertz CT molecular complexity index is 603. The van der Waals surface area contributed by atoms with Crippen LogP contribution in [0.3, 0.4) is 0 Å². The fourth-order valence-electron chi connectivity index (χ4n) is 3.73. The molecule has 0 radical (unpaired) electrons. The van der Waals surface area contributed by atoms with Crippen LogP contribution in [0.1, 0.15) is 51.0 Å². The predicted octanol–water partition coefficient (Wildman–Crippen LogP) is 4.99. The second-order valence-electron chi connectivity index (χ2n) is 8.06. The number of unbranched alkanes of at least 4 members (excludes halogenated alkanes) is 1. The highest BCUT2D eigenvalue weighted by Gasteiger charge is 2.26. The predicted molar refractivity (Wildman–Crippen MR) is 102 cm³/mol. The van der Waals surface area contributed by atoms with Crippen LogP contribution in [0.2, 0.25) is 0 Å². The molecule has 2 aliphatic rings. The normalized spacial score (nSPS) is 27.9. The van der Waals surface area contributed by atoms with Gasteiger partial charge in [0.05, 0.1) is 26.4 Å². The van der Waals surface area contributed by atoms with Crippen LogP contribution in [-0.2, 0) is 25.4 Å². The molecule has 0 spiro atoms. The van der Waals surface area contributed by atoms with Crippen LogP contribution >= 0.6 is 0 Å². The fourth-order valence-corrected chi connectivity index (χ4v) is 3.73. The second-order valence-corrected chi connectivity index (χ2v) is 8.06. The maximum atomic E-state index is 13.3. The van der Waals surface area contributed by atoms with Gasteiger partial charge in [-0.25, -0.2) is 13.2 Å². The number of rotatable bonds is 9. The van der Waals surface area contributed by atoms with Gasteiger partial charge in [0, 0.05) is 18.3 Å². The van der Waals surface area contributed by atoms with Gasteiger partial charge in [0.15, 0.2) is 30.0 Å². The van der Waals surface area contributed by atoms with Gasteiger partial charge in [0.2, 0.25) is 0 Å². The highest BCUT2D eigenvalue weighted by Crippen LogP contribution is 2.24. The van der Waals surface area contributed by atoms with Gasteiger partial charge in [0.25, 0.3) is 0 Å². The van der Waals surface area contributed by atoms with Crippen molar-refractivity contribution >= 4 is 0 Å². The number of hydrogen-bond acceptors (Lipinski definition) is 4. The van der Waals surface area contributed by atoms with E-state index >= 15 is 0 Å². The van der Waals surface area contributed by atoms with Crippen LogP contribution in [-0.4, -0.2) is 39.0 Å². The van der Waals surface area contributed by atoms with Crippen LogP contribution < -0.4 is 0 Å². The molecule has 0 N–H and O–H groups in total. The van der Waals surface area contributed by atoms with Gasteiger partial charge in [-0.05, 0) is 43.4 Å². The van der Waals surface area contributed by atoms with Gasteiger partial charge in [-0.3, -0.25) is 0 Å². The monoisotopic (exact) mass is 416 g/mol. The van der Waals surface area contributed by atoms with Crippen molar-refractivity contribution in [1.29, 1.82) is 0 Å². The van der Waals surface area contributed by atoms with E-state index in [9.17, 15) is 13.2 Å². The Morgan fingerprint density at radius 3 is 1.83 bits per heavy atom. The van der Waals surface area contributed by atoms with E-state index in [2.05, 4.69) is 6.92 Å². The van der Waals surface area contributed by atoms with E-state index < -0.39 is 23.7 Å². The van der Waals surface area contributed by atoms with Crippen LogP contribution in [0.15, 0.2) is 12.1 Å². The fraction of sp³-hybridized carbons (Fsp3) is 0.727. The van der Waals surface area contributed by atoms with Gasteiger partial charge >= 0.3 is 0 Å². The molecule has 0 aromatic heterocycles. The first-order valence-corrected chi connectivity index (χ1v) is 10.6. The number of benzene rings is 1. The largest absolute Gasteiger partial charge is 0.352 e. The van der Waals surface area contributed by atoms with Crippen LogP contribution in [0.25, 0.3) is 0 Å². The molecule has 0 amide bonds. The van der Waals surface area contributed by atoms with Crippen molar-refractivity contribution in [3.8, 4) is 0 Å². The number of aryl methyl sites for hydroxylation is 1. The molecule has 4 nitrogen and oxygen atoms in total. The molecule has 0 aliphatic carbocycles. The molecule has 1 aromatic rings. The molecule has 1 aromatic carbocycles. The Kier molecular flexibility index (Phi) is 8.78. The summed E-state index contributed by atoms with van der Waals surface area (Å²) in [7, 11) is 0. The molecule has 0 bridgehead atoms. The molecule has 0 unspecified atom stereocenters.